The Balaban J connectivity index is 1.54. The molecule has 2 aromatic rings. The van der Waals surface area contributed by atoms with Gasteiger partial charge in [-0.1, -0.05) is 23.7 Å². The molecule has 132 valence electrons. The highest BCUT2D eigenvalue weighted by Gasteiger charge is 2.21. The summed E-state index contributed by atoms with van der Waals surface area (Å²) in [5, 5.41) is 0.699. The SMILES string of the molecule is CN(C)c1ccc(N2CCN(C(=O)Cc3ccc(Cl)cc3)CC2)cc1. The molecule has 25 heavy (non-hydrogen) atoms. The zero-order valence-electron chi connectivity index (χ0n) is 14.8. The predicted octanol–water partition coefficient (Wildman–Crippen LogP) is 3.30. The average molecular weight is 358 g/mol. The molecule has 1 aliphatic rings. The van der Waals surface area contributed by atoms with Crippen LogP contribution >= 0.6 is 11.6 Å². The van der Waals surface area contributed by atoms with Gasteiger partial charge in [0.05, 0.1) is 6.42 Å². The Bertz CT molecular complexity index is 705. The van der Waals surface area contributed by atoms with Gasteiger partial charge in [-0.25, -0.2) is 0 Å². The van der Waals surface area contributed by atoms with Gasteiger partial charge in [0, 0.05) is 56.7 Å². The van der Waals surface area contributed by atoms with Gasteiger partial charge in [0.2, 0.25) is 5.91 Å². The summed E-state index contributed by atoms with van der Waals surface area (Å²) in [5.41, 5.74) is 3.42. The third-order valence-electron chi connectivity index (χ3n) is 4.63. The molecule has 1 saturated heterocycles. The summed E-state index contributed by atoms with van der Waals surface area (Å²) >= 11 is 5.89. The molecule has 2 aromatic carbocycles. The zero-order valence-corrected chi connectivity index (χ0v) is 15.5. The summed E-state index contributed by atoms with van der Waals surface area (Å²) in [5.74, 6) is 0.185. The lowest BCUT2D eigenvalue weighted by molar-refractivity contribution is -0.130. The first kappa shape index (κ1) is 17.6. The second-order valence-electron chi connectivity index (χ2n) is 6.58. The van der Waals surface area contributed by atoms with Gasteiger partial charge in [-0.05, 0) is 42.0 Å². The molecule has 0 aromatic heterocycles. The lowest BCUT2D eigenvalue weighted by atomic mass is 10.1. The van der Waals surface area contributed by atoms with Crippen LogP contribution in [-0.4, -0.2) is 51.1 Å². The first-order valence-corrected chi connectivity index (χ1v) is 8.95. The lowest BCUT2D eigenvalue weighted by Crippen LogP contribution is -2.49. The van der Waals surface area contributed by atoms with Crippen LogP contribution in [0.2, 0.25) is 5.02 Å². The van der Waals surface area contributed by atoms with Gasteiger partial charge in [0.15, 0.2) is 0 Å². The van der Waals surface area contributed by atoms with E-state index in [2.05, 4.69) is 34.1 Å². The van der Waals surface area contributed by atoms with Crippen molar-refractivity contribution in [3.8, 4) is 0 Å². The Morgan fingerprint density at radius 3 is 2.12 bits per heavy atom. The molecule has 0 bridgehead atoms. The molecule has 1 heterocycles. The number of carbonyl (C=O) groups excluding carboxylic acids is 1. The number of halogens is 1. The number of anilines is 2. The van der Waals surface area contributed by atoms with Crippen molar-refractivity contribution in [3.05, 3.63) is 59.1 Å². The first-order chi connectivity index (χ1) is 12.0. The third-order valence-corrected chi connectivity index (χ3v) is 4.88. The topological polar surface area (TPSA) is 26.8 Å². The lowest BCUT2D eigenvalue weighted by Gasteiger charge is -2.36. The van der Waals surface area contributed by atoms with E-state index in [0.717, 1.165) is 31.7 Å². The smallest absolute Gasteiger partial charge is 0.227 e. The number of piperazine rings is 1. The maximum absolute atomic E-state index is 12.5. The normalized spacial score (nSPS) is 14.5. The van der Waals surface area contributed by atoms with E-state index in [-0.39, 0.29) is 5.91 Å². The van der Waals surface area contributed by atoms with Crippen LogP contribution in [0.15, 0.2) is 48.5 Å². The molecule has 0 spiro atoms. The average Bonchev–Trinajstić information content (AvgIpc) is 2.64. The van der Waals surface area contributed by atoms with Crippen molar-refractivity contribution in [1.82, 2.24) is 4.90 Å². The Morgan fingerprint density at radius 2 is 1.56 bits per heavy atom. The van der Waals surface area contributed by atoms with Crippen LogP contribution in [0.1, 0.15) is 5.56 Å². The van der Waals surface area contributed by atoms with Crippen LogP contribution in [-0.2, 0) is 11.2 Å². The van der Waals surface area contributed by atoms with E-state index in [0.29, 0.717) is 11.4 Å². The van der Waals surface area contributed by atoms with Gasteiger partial charge in [-0.2, -0.15) is 0 Å². The number of hydrogen-bond donors (Lipinski definition) is 0. The van der Waals surface area contributed by atoms with Gasteiger partial charge in [-0.3, -0.25) is 4.79 Å². The fraction of sp³-hybridized carbons (Fsp3) is 0.350. The quantitative estimate of drug-likeness (QED) is 0.840. The minimum atomic E-state index is 0.185. The van der Waals surface area contributed by atoms with E-state index in [4.69, 9.17) is 11.6 Å². The van der Waals surface area contributed by atoms with Crippen LogP contribution in [0.5, 0.6) is 0 Å². The fourth-order valence-electron chi connectivity index (χ4n) is 3.06. The Kier molecular flexibility index (Phi) is 5.49. The second kappa shape index (κ2) is 7.79. The van der Waals surface area contributed by atoms with Gasteiger partial charge >= 0.3 is 0 Å². The Morgan fingerprint density at radius 1 is 0.960 bits per heavy atom. The molecule has 1 amide bonds. The first-order valence-electron chi connectivity index (χ1n) is 8.57. The summed E-state index contributed by atoms with van der Waals surface area (Å²) < 4.78 is 0. The van der Waals surface area contributed by atoms with E-state index in [1.54, 1.807) is 0 Å². The molecule has 0 radical (unpaired) electrons. The van der Waals surface area contributed by atoms with Crippen molar-refractivity contribution in [1.29, 1.82) is 0 Å². The van der Waals surface area contributed by atoms with E-state index in [9.17, 15) is 4.79 Å². The molecule has 3 rings (SSSR count). The number of rotatable bonds is 4. The minimum Gasteiger partial charge on any atom is -0.378 e. The third kappa shape index (κ3) is 4.45. The molecule has 5 heteroatoms. The van der Waals surface area contributed by atoms with Crippen LogP contribution in [0, 0.1) is 0 Å². The van der Waals surface area contributed by atoms with E-state index in [1.807, 2.05) is 43.3 Å². The molecule has 4 nitrogen and oxygen atoms in total. The largest absolute Gasteiger partial charge is 0.378 e. The number of nitrogens with zero attached hydrogens (tertiary/aromatic N) is 3. The van der Waals surface area contributed by atoms with Crippen molar-refractivity contribution in [2.24, 2.45) is 0 Å². The summed E-state index contributed by atoms with van der Waals surface area (Å²) in [6, 6.07) is 16.1. The fourth-order valence-corrected chi connectivity index (χ4v) is 3.19. The van der Waals surface area contributed by atoms with Gasteiger partial charge in [0.25, 0.3) is 0 Å². The van der Waals surface area contributed by atoms with E-state index in [1.165, 1.54) is 11.4 Å². The van der Waals surface area contributed by atoms with Gasteiger partial charge < -0.3 is 14.7 Å². The van der Waals surface area contributed by atoms with Crippen LogP contribution in [0.25, 0.3) is 0 Å². The molecule has 1 aliphatic heterocycles. The monoisotopic (exact) mass is 357 g/mol. The maximum Gasteiger partial charge on any atom is 0.227 e. The van der Waals surface area contributed by atoms with Gasteiger partial charge in [0.1, 0.15) is 0 Å². The van der Waals surface area contributed by atoms with Gasteiger partial charge in [-0.15, -0.1) is 0 Å². The summed E-state index contributed by atoms with van der Waals surface area (Å²) in [4.78, 5) is 18.9. The van der Waals surface area contributed by atoms with E-state index < -0.39 is 0 Å². The highest BCUT2D eigenvalue weighted by Crippen LogP contribution is 2.21. The summed E-state index contributed by atoms with van der Waals surface area (Å²) in [6.45, 7) is 3.27. The molecular weight excluding hydrogens is 334 g/mol. The van der Waals surface area contributed by atoms with Crippen molar-refractivity contribution in [2.45, 2.75) is 6.42 Å². The molecular formula is C20H24ClN3O. The van der Waals surface area contributed by atoms with Crippen molar-refractivity contribution in [2.75, 3.05) is 50.1 Å². The van der Waals surface area contributed by atoms with Crippen LogP contribution < -0.4 is 9.80 Å². The number of hydrogen-bond acceptors (Lipinski definition) is 3. The van der Waals surface area contributed by atoms with Crippen LogP contribution in [0.4, 0.5) is 11.4 Å². The molecule has 0 atom stereocenters. The molecule has 0 unspecified atom stereocenters. The number of amides is 1. The van der Waals surface area contributed by atoms with E-state index >= 15 is 0 Å². The number of carbonyl (C=O) groups is 1. The minimum absolute atomic E-state index is 0.185. The summed E-state index contributed by atoms with van der Waals surface area (Å²) in [6.07, 6.45) is 0.439. The second-order valence-corrected chi connectivity index (χ2v) is 7.02. The molecule has 0 aliphatic carbocycles. The highest BCUT2D eigenvalue weighted by molar-refractivity contribution is 6.30. The van der Waals surface area contributed by atoms with Crippen molar-refractivity contribution in [3.63, 3.8) is 0 Å². The Hall–Kier alpha value is -2.20. The van der Waals surface area contributed by atoms with Crippen molar-refractivity contribution >= 4 is 28.9 Å². The maximum atomic E-state index is 12.5. The molecule has 1 fully saturated rings. The van der Waals surface area contributed by atoms with Crippen molar-refractivity contribution < 1.29 is 4.79 Å². The predicted molar refractivity (Wildman–Crippen MR) is 105 cm³/mol. The van der Waals surface area contributed by atoms with Crippen LogP contribution in [0.3, 0.4) is 0 Å². The molecule has 0 saturated carbocycles. The standard InChI is InChI=1S/C20H24ClN3O/c1-22(2)18-7-9-19(10-8-18)23-11-13-24(14-12-23)20(25)15-16-3-5-17(21)6-4-16/h3-10H,11-15H2,1-2H3. The summed E-state index contributed by atoms with van der Waals surface area (Å²) in [7, 11) is 4.08. The zero-order chi connectivity index (χ0) is 17.8. The number of benzene rings is 2. The highest BCUT2D eigenvalue weighted by atomic mass is 35.5. The Labute approximate surface area is 154 Å². The molecule has 0 N–H and O–H groups in total.